The van der Waals surface area contributed by atoms with Crippen LogP contribution in [0.1, 0.15) is 61.3 Å². The van der Waals surface area contributed by atoms with Gasteiger partial charge in [0.05, 0.1) is 50.7 Å². The standard InChI is InChI=1S/C32H12BF24.C18H16FN2/c34-25(35,36)13-1-14(26(37,38)39)6-21(5-13)33(22-7-15(27(40,41)42)2-16(8-22)28(43,44)45,23-9-17(29(46,47)48)3-18(10-23)30(49,50)51)24-11-19(31(52,53)54)4-20(12-24)32(55,56)57;19-18-9-5-4-8-16(18)12-17-14-21(11-10-20-17)13-15-6-2-1-3-7-15/h1-12H;1-11,14H,12-13H2/q-1;+1. The van der Waals surface area contributed by atoms with E-state index in [2.05, 4.69) is 21.7 Å². The number of benzene rings is 6. The molecule has 0 aliphatic carbocycles. The normalized spacial score (nSPS) is 13.3. The van der Waals surface area contributed by atoms with Crippen molar-refractivity contribution in [2.75, 3.05) is 0 Å². The van der Waals surface area contributed by atoms with E-state index in [1.807, 2.05) is 36.7 Å². The van der Waals surface area contributed by atoms with Crippen molar-refractivity contribution in [1.82, 2.24) is 4.98 Å². The van der Waals surface area contributed by atoms with Crippen LogP contribution in [-0.2, 0) is 62.4 Å². The summed E-state index contributed by atoms with van der Waals surface area (Å²) in [6.07, 6.45) is -48.6. The van der Waals surface area contributed by atoms with Crippen molar-refractivity contribution in [3.8, 4) is 0 Å². The molecule has 0 saturated heterocycles. The van der Waals surface area contributed by atoms with Gasteiger partial charge >= 0.3 is 49.4 Å². The molecule has 0 amide bonds. The Hall–Kier alpha value is -7.29. The molecule has 1 heterocycles. The number of halogens is 25. The summed E-state index contributed by atoms with van der Waals surface area (Å²) in [5.41, 5.74) is -27.4. The number of nitrogens with zero attached hydrogens (tertiary/aromatic N) is 2. The number of hydrogen-bond donors (Lipinski definition) is 0. The van der Waals surface area contributed by atoms with Gasteiger partial charge in [0.2, 0.25) is 0 Å². The maximum Gasteiger partial charge on any atom is 0.416 e. The summed E-state index contributed by atoms with van der Waals surface area (Å²) >= 11 is 0. The van der Waals surface area contributed by atoms with Crippen molar-refractivity contribution >= 4 is 28.0 Å². The SMILES string of the molecule is FC(F)(F)c1cc([B-](c2cc(C(F)(F)F)cc(C(F)(F)F)c2)(c2cc(C(F)(F)F)cc(C(F)(F)F)c2)c2cc(C(F)(F)F)cc(C(F)(F)F)c2)cc(C(F)(F)F)c1.Fc1ccccc1Cc1c[n+](Cc2ccccc2)ccn1. The van der Waals surface area contributed by atoms with Crippen molar-refractivity contribution in [3.63, 3.8) is 0 Å². The Bertz CT molecular complexity index is 2820. The molecule has 0 spiro atoms. The molecule has 0 unspecified atom stereocenters. The number of hydrogen-bond acceptors (Lipinski definition) is 1. The lowest BCUT2D eigenvalue weighted by molar-refractivity contribution is -0.689. The summed E-state index contributed by atoms with van der Waals surface area (Å²) in [5.74, 6) is -0.183. The van der Waals surface area contributed by atoms with Gasteiger partial charge in [-0.2, -0.15) is 132 Å². The Kier molecular flexibility index (Phi) is 16.3. The maximum absolute atomic E-state index is 14.2. The van der Waals surface area contributed by atoms with E-state index in [9.17, 15) is 110 Å². The summed E-state index contributed by atoms with van der Waals surface area (Å²) in [5, 5.41) is 0. The van der Waals surface area contributed by atoms with Crippen LogP contribution in [0.5, 0.6) is 0 Å². The molecule has 0 aliphatic heterocycles. The molecule has 0 N–H and O–H groups in total. The Morgan fingerprint density at radius 3 is 0.923 bits per heavy atom. The molecule has 0 saturated carbocycles. The van der Waals surface area contributed by atoms with Crippen LogP contribution in [-0.4, -0.2) is 11.1 Å². The summed E-state index contributed by atoms with van der Waals surface area (Å²) in [6, 6.07) is 8.25. The van der Waals surface area contributed by atoms with Gasteiger partial charge in [0.25, 0.3) is 0 Å². The average Bonchev–Trinajstić information content (AvgIpc) is 3.32. The average molecular weight is 1140 g/mol. The second-order valence-electron chi connectivity index (χ2n) is 17.2. The summed E-state index contributed by atoms with van der Waals surface area (Å²) in [6.45, 7) is 0.785. The minimum Gasteiger partial charge on any atom is -0.248 e. The van der Waals surface area contributed by atoms with E-state index in [1.54, 1.807) is 18.3 Å². The third-order valence-electron chi connectivity index (χ3n) is 11.8. The molecule has 1 aromatic heterocycles. The molecule has 78 heavy (non-hydrogen) atoms. The van der Waals surface area contributed by atoms with Crippen molar-refractivity contribution in [1.29, 1.82) is 0 Å². The first-order valence-corrected chi connectivity index (χ1v) is 21.5. The molecule has 416 valence electrons. The van der Waals surface area contributed by atoms with E-state index < -0.39 is 195 Å². The van der Waals surface area contributed by atoms with Crippen molar-refractivity contribution in [2.24, 2.45) is 0 Å². The first kappa shape index (κ1) is 60.0. The lowest BCUT2D eigenvalue weighted by Gasteiger charge is -2.46. The van der Waals surface area contributed by atoms with Gasteiger partial charge in [0.15, 0.2) is 18.9 Å². The fourth-order valence-electron chi connectivity index (χ4n) is 8.37. The van der Waals surface area contributed by atoms with Gasteiger partial charge in [-0.15, -0.1) is 0 Å². The zero-order valence-corrected chi connectivity index (χ0v) is 38.2. The Balaban J connectivity index is 0.000000387. The first-order valence-electron chi connectivity index (χ1n) is 21.5. The molecular formula is C50H28BF25N2. The monoisotopic (exact) mass is 1140 g/mol. The van der Waals surface area contributed by atoms with Crippen LogP contribution < -0.4 is 26.4 Å². The van der Waals surface area contributed by atoms with Crippen molar-refractivity contribution in [2.45, 2.75) is 62.4 Å². The zero-order chi connectivity index (χ0) is 58.4. The van der Waals surface area contributed by atoms with Crippen LogP contribution in [0.15, 0.2) is 146 Å². The smallest absolute Gasteiger partial charge is 0.248 e. The third-order valence-corrected chi connectivity index (χ3v) is 11.8. The number of aromatic nitrogens is 2. The first-order chi connectivity index (χ1) is 35.6. The zero-order valence-electron chi connectivity index (χ0n) is 38.2. The lowest BCUT2D eigenvalue weighted by atomic mass is 9.12. The van der Waals surface area contributed by atoms with E-state index in [1.165, 1.54) is 11.6 Å². The van der Waals surface area contributed by atoms with Gasteiger partial charge in [0.1, 0.15) is 17.7 Å². The van der Waals surface area contributed by atoms with Crippen LogP contribution in [0.25, 0.3) is 0 Å². The van der Waals surface area contributed by atoms with E-state index in [-0.39, 0.29) is 5.82 Å². The van der Waals surface area contributed by atoms with Gasteiger partial charge in [-0.1, -0.05) is 97.1 Å². The fourth-order valence-corrected chi connectivity index (χ4v) is 8.37. The molecule has 0 aliphatic rings. The molecule has 0 bridgehead atoms. The number of rotatable bonds is 8. The largest absolute Gasteiger partial charge is 0.416 e. The highest BCUT2D eigenvalue weighted by molar-refractivity contribution is 7.20. The van der Waals surface area contributed by atoms with E-state index in [0.29, 0.717) is 12.0 Å². The van der Waals surface area contributed by atoms with Gasteiger partial charge < -0.3 is 0 Å². The van der Waals surface area contributed by atoms with E-state index >= 15 is 0 Å². The fraction of sp³-hybridized carbons (Fsp3) is 0.200. The molecule has 2 nitrogen and oxygen atoms in total. The Labute approximate surface area is 422 Å². The molecule has 0 atom stereocenters. The third kappa shape index (κ3) is 14.1. The van der Waals surface area contributed by atoms with Gasteiger partial charge in [-0.05, 0) is 35.9 Å². The van der Waals surface area contributed by atoms with Crippen LogP contribution in [0, 0.1) is 5.82 Å². The molecule has 0 radical (unpaired) electrons. The maximum atomic E-state index is 14.2. The van der Waals surface area contributed by atoms with Gasteiger partial charge in [-0.25, -0.2) is 9.37 Å². The molecule has 7 rings (SSSR count). The Morgan fingerprint density at radius 1 is 0.359 bits per heavy atom. The predicted octanol–water partition coefficient (Wildman–Crippen LogP) is 14.4. The summed E-state index contributed by atoms with van der Waals surface area (Å²) in [4.78, 5) is 4.33. The van der Waals surface area contributed by atoms with E-state index in [4.69, 9.17) is 0 Å². The van der Waals surface area contributed by atoms with Crippen LogP contribution in [0.4, 0.5) is 110 Å². The topological polar surface area (TPSA) is 16.8 Å². The van der Waals surface area contributed by atoms with Crippen molar-refractivity contribution in [3.05, 3.63) is 213 Å². The van der Waals surface area contributed by atoms with Crippen LogP contribution in [0.2, 0.25) is 0 Å². The second kappa shape index (κ2) is 21.2. The Morgan fingerprint density at radius 2 is 0.641 bits per heavy atom. The van der Waals surface area contributed by atoms with E-state index in [0.717, 1.165) is 12.2 Å². The molecule has 6 aromatic carbocycles. The summed E-state index contributed by atoms with van der Waals surface area (Å²) in [7, 11) is 0. The molecule has 28 heteroatoms. The second-order valence-corrected chi connectivity index (χ2v) is 17.2. The lowest BCUT2D eigenvalue weighted by Crippen LogP contribution is -2.75. The molecular weight excluding hydrogens is 1110 g/mol. The quantitative estimate of drug-likeness (QED) is 0.0842. The number of alkyl halides is 24. The molecule has 0 fully saturated rings. The minimum atomic E-state index is -6.13. The van der Waals surface area contributed by atoms with Crippen LogP contribution in [0.3, 0.4) is 0 Å². The van der Waals surface area contributed by atoms with Crippen molar-refractivity contribution < 1.29 is 114 Å². The van der Waals surface area contributed by atoms with Gasteiger partial charge in [0, 0.05) is 12.0 Å². The predicted molar refractivity (Wildman–Crippen MR) is 229 cm³/mol. The highest BCUT2D eigenvalue weighted by Crippen LogP contribution is 2.41. The minimum absolute atomic E-state index is 0.183. The summed E-state index contributed by atoms with van der Waals surface area (Å²) < 4.78 is 357. The highest BCUT2D eigenvalue weighted by Gasteiger charge is 2.47. The molecule has 7 aromatic rings. The van der Waals surface area contributed by atoms with Crippen LogP contribution >= 0.6 is 0 Å². The van der Waals surface area contributed by atoms with Gasteiger partial charge in [-0.3, -0.25) is 0 Å². The highest BCUT2D eigenvalue weighted by atomic mass is 19.4.